The molecular formula is C12H14NO4-. The fourth-order valence-corrected chi connectivity index (χ4v) is 1.50. The van der Waals surface area contributed by atoms with Crippen LogP contribution in [0.1, 0.15) is 18.4 Å². The molecule has 0 aliphatic heterocycles. The lowest BCUT2D eigenvalue weighted by atomic mass is 10.1. The average Bonchev–Trinajstić information content (AvgIpc) is 2.29. The zero-order chi connectivity index (χ0) is 12.7. The number of hydrogen-bond acceptors (Lipinski definition) is 4. The minimum Gasteiger partial charge on any atom is -0.550 e. The number of quaternary nitrogens is 1. The van der Waals surface area contributed by atoms with Crippen LogP contribution in [0.2, 0.25) is 0 Å². The lowest BCUT2D eigenvalue weighted by molar-refractivity contribution is -0.698. The molecular weight excluding hydrogens is 222 g/mol. The molecule has 0 radical (unpaired) electrons. The molecule has 17 heavy (non-hydrogen) atoms. The molecule has 0 amide bonds. The van der Waals surface area contributed by atoms with Crippen LogP contribution in [0.3, 0.4) is 0 Å². The summed E-state index contributed by atoms with van der Waals surface area (Å²) in [5, 5.41) is 22.6. The van der Waals surface area contributed by atoms with Crippen LogP contribution in [0.4, 0.5) is 0 Å². The Balaban J connectivity index is 2.45. The number of nitrogens with two attached hydrogens (primary N) is 1. The molecule has 0 spiro atoms. The van der Waals surface area contributed by atoms with Crippen LogP contribution in [0.15, 0.2) is 30.3 Å². The van der Waals surface area contributed by atoms with Gasteiger partial charge < -0.3 is 25.1 Å². The number of aliphatic carboxylic acids is 2. The lowest BCUT2D eigenvalue weighted by Crippen LogP contribution is -2.91. The van der Waals surface area contributed by atoms with Gasteiger partial charge in [0.1, 0.15) is 12.6 Å². The van der Waals surface area contributed by atoms with Crippen LogP contribution in [0.25, 0.3) is 0 Å². The maximum atomic E-state index is 10.8. The Morgan fingerprint density at radius 3 is 2.35 bits per heavy atom. The topological polar surface area (TPSA) is 96.9 Å². The number of carboxylic acids is 2. The van der Waals surface area contributed by atoms with E-state index in [9.17, 15) is 19.8 Å². The molecule has 0 unspecified atom stereocenters. The quantitative estimate of drug-likeness (QED) is 0.561. The van der Waals surface area contributed by atoms with Crippen molar-refractivity contribution in [2.75, 3.05) is 0 Å². The summed E-state index contributed by atoms with van der Waals surface area (Å²) in [5.74, 6) is -2.49. The molecule has 0 aromatic heterocycles. The Labute approximate surface area is 99.1 Å². The SMILES string of the molecule is O=C([O-])CC[C@H]([NH2+]Cc1ccccc1)C(=O)[O-]. The van der Waals surface area contributed by atoms with Crippen molar-refractivity contribution in [1.82, 2.24) is 0 Å². The van der Waals surface area contributed by atoms with Crippen molar-refractivity contribution in [3.63, 3.8) is 0 Å². The maximum absolute atomic E-state index is 10.8. The Kier molecular flexibility index (Phi) is 5.16. The molecule has 5 nitrogen and oxygen atoms in total. The van der Waals surface area contributed by atoms with Gasteiger partial charge in [-0.05, 0) is 6.42 Å². The number of rotatable bonds is 7. The highest BCUT2D eigenvalue weighted by Crippen LogP contribution is 1.96. The highest BCUT2D eigenvalue weighted by molar-refractivity contribution is 5.71. The fourth-order valence-electron chi connectivity index (χ4n) is 1.50. The Morgan fingerprint density at radius 2 is 1.82 bits per heavy atom. The molecule has 2 N–H and O–H groups in total. The summed E-state index contributed by atoms with van der Waals surface area (Å²) < 4.78 is 0. The van der Waals surface area contributed by atoms with Gasteiger partial charge in [0.15, 0.2) is 0 Å². The van der Waals surface area contributed by atoms with E-state index in [0.717, 1.165) is 5.56 Å². The zero-order valence-electron chi connectivity index (χ0n) is 9.30. The molecule has 1 aromatic carbocycles. The average molecular weight is 236 g/mol. The highest BCUT2D eigenvalue weighted by atomic mass is 16.4. The third-order valence-electron chi connectivity index (χ3n) is 2.44. The van der Waals surface area contributed by atoms with Crippen LogP contribution < -0.4 is 15.5 Å². The standard InChI is InChI=1S/C12H15NO4/c14-11(15)7-6-10(12(16)17)13-8-9-4-2-1-3-5-9/h1-5,10,13H,6-8H2,(H,14,15)(H,16,17)/p-1/t10-/m0/s1. The van der Waals surface area contributed by atoms with E-state index in [1.54, 1.807) is 5.32 Å². The Hall–Kier alpha value is -1.88. The lowest BCUT2D eigenvalue weighted by Gasteiger charge is -2.16. The summed E-state index contributed by atoms with van der Waals surface area (Å²) in [6.07, 6.45) is -0.262. The van der Waals surface area contributed by atoms with Gasteiger partial charge in [-0.1, -0.05) is 30.3 Å². The Bertz CT molecular complexity index is 377. The molecule has 0 fully saturated rings. The van der Waals surface area contributed by atoms with Crippen molar-refractivity contribution in [2.24, 2.45) is 0 Å². The molecule has 0 saturated heterocycles. The van der Waals surface area contributed by atoms with E-state index in [1.165, 1.54) is 0 Å². The number of carbonyl (C=O) groups is 2. The van der Waals surface area contributed by atoms with Crippen molar-refractivity contribution in [3.05, 3.63) is 35.9 Å². The third kappa shape index (κ3) is 5.12. The van der Waals surface area contributed by atoms with Gasteiger partial charge in [-0.15, -0.1) is 0 Å². The largest absolute Gasteiger partial charge is 0.550 e. The van der Waals surface area contributed by atoms with Crippen LogP contribution >= 0.6 is 0 Å². The van der Waals surface area contributed by atoms with Crippen molar-refractivity contribution >= 4 is 11.9 Å². The van der Waals surface area contributed by atoms with Crippen LogP contribution in [0.5, 0.6) is 0 Å². The molecule has 0 heterocycles. The van der Waals surface area contributed by atoms with Gasteiger partial charge in [0.25, 0.3) is 0 Å². The predicted molar refractivity (Wildman–Crippen MR) is 55.1 cm³/mol. The summed E-state index contributed by atoms with van der Waals surface area (Å²) >= 11 is 0. The van der Waals surface area contributed by atoms with Crippen LogP contribution in [-0.4, -0.2) is 18.0 Å². The monoisotopic (exact) mass is 236 g/mol. The molecule has 0 saturated carbocycles. The summed E-state index contributed by atoms with van der Waals surface area (Å²) in [4.78, 5) is 21.0. The van der Waals surface area contributed by atoms with E-state index in [2.05, 4.69) is 0 Å². The second kappa shape index (κ2) is 6.65. The number of carboxylic acid groups (broad SMARTS) is 2. The summed E-state index contributed by atoms with van der Waals surface area (Å²) in [7, 11) is 0. The zero-order valence-corrected chi connectivity index (χ0v) is 9.30. The second-order valence-electron chi connectivity index (χ2n) is 3.76. The molecule has 1 rings (SSSR count). The molecule has 1 atom stereocenters. The first kappa shape index (κ1) is 13.2. The fraction of sp³-hybridized carbons (Fsp3) is 0.333. The second-order valence-corrected chi connectivity index (χ2v) is 3.76. The first-order valence-electron chi connectivity index (χ1n) is 5.37. The van der Waals surface area contributed by atoms with Gasteiger partial charge in [-0.3, -0.25) is 0 Å². The number of carbonyl (C=O) groups excluding carboxylic acids is 2. The van der Waals surface area contributed by atoms with Gasteiger partial charge in [-0.2, -0.15) is 0 Å². The molecule has 92 valence electrons. The van der Waals surface area contributed by atoms with E-state index in [-0.39, 0.29) is 12.8 Å². The summed E-state index contributed by atoms with van der Waals surface area (Å²) in [6.45, 7) is 0.479. The summed E-state index contributed by atoms with van der Waals surface area (Å²) in [6, 6.07) is 8.49. The van der Waals surface area contributed by atoms with Gasteiger partial charge in [-0.25, -0.2) is 0 Å². The van der Waals surface area contributed by atoms with E-state index >= 15 is 0 Å². The minimum absolute atomic E-state index is 0.0114. The highest BCUT2D eigenvalue weighted by Gasteiger charge is 2.12. The minimum atomic E-state index is -1.25. The number of hydrogen-bond donors (Lipinski definition) is 1. The molecule has 0 bridgehead atoms. The first-order valence-corrected chi connectivity index (χ1v) is 5.37. The van der Waals surface area contributed by atoms with Gasteiger partial charge in [0.2, 0.25) is 0 Å². The van der Waals surface area contributed by atoms with Gasteiger partial charge in [0, 0.05) is 18.0 Å². The Morgan fingerprint density at radius 1 is 1.18 bits per heavy atom. The first-order chi connectivity index (χ1) is 8.09. The number of benzene rings is 1. The van der Waals surface area contributed by atoms with E-state index in [1.807, 2.05) is 30.3 Å². The van der Waals surface area contributed by atoms with Crippen LogP contribution in [-0.2, 0) is 16.1 Å². The van der Waals surface area contributed by atoms with Gasteiger partial charge >= 0.3 is 0 Å². The van der Waals surface area contributed by atoms with E-state index in [0.29, 0.717) is 6.54 Å². The van der Waals surface area contributed by atoms with Gasteiger partial charge in [0.05, 0.1) is 5.97 Å². The van der Waals surface area contributed by atoms with E-state index < -0.39 is 18.0 Å². The van der Waals surface area contributed by atoms with Crippen molar-refractivity contribution in [2.45, 2.75) is 25.4 Å². The molecule has 1 aromatic rings. The molecule has 0 aliphatic carbocycles. The van der Waals surface area contributed by atoms with Crippen molar-refractivity contribution in [1.29, 1.82) is 0 Å². The normalized spacial score (nSPS) is 12.0. The molecule has 5 heteroatoms. The van der Waals surface area contributed by atoms with Crippen molar-refractivity contribution in [3.8, 4) is 0 Å². The molecule has 0 aliphatic rings. The van der Waals surface area contributed by atoms with Crippen molar-refractivity contribution < 1.29 is 25.1 Å². The summed E-state index contributed by atoms with van der Waals surface area (Å²) in [5.41, 5.74) is 0.979. The van der Waals surface area contributed by atoms with Crippen LogP contribution in [0, 0.1) is 0 Å². The third-order valence-corrected chi connectivity index (χ3v) is 2.44. The van der Waals surface area contributed by atoms with E-state index in [4.69, 9.17) is 0 Å². The smallest absolute Gasteiger partial charge is 0.127 e. The maximum Gasteiger partial charge on any atom is 0.127 e. The predicted octanol–water partition coefficient (Wildman–Crippen LogP) is -2.60.